The molecule has 0 saturated heterocycles. The van der Waals surface area contributed by atoms with Crippen LogP contribution in [0.25, 0.3) is 0 Å². The number of hydrogen-bond acceptors (Lipinski definition) is 2. The van der Waals surface area contributed by atoms with Crippen LogP contribution in [0.4, 0.5) is 4.39 Å². The Bertz CT molecular complexity index is 601. The van der Waals surface area contributed by atoms with Gasteiger partial charge in [-0.1, -0.05) is 19.9 Å². The summed E-state index contributed by atoms with van der Waals surface area (Å²) in [5.74, 6) is 1.19. The normalized spacial score (nSPS) is 46.7. The van der Waals surface area contributed by atoms with Crippen molar-refractivity contribution >= 4 is 0 Å². The van der Waals surface area contributed by atoms with Gasteiger partial charge in [-0.05, 0) is 72.1 Å². The molecule has 0 unspecified atom stereocenters. The van der Waals surface area contributed by atoms with Crippen molar-refractivity contribution in [1.29, 1.82) is 0 Å². The van der Waals surface area contributed by atoms with E-state index in [2.05, 4.69) is 13.8 Å². The van der Waals surface area contributed by atoms with E-state index >= 15 is 4.39 Å². The van der Waals surface area contributed by atoms with Crippen LogP contribution in [-0.4, -0.2) is 22.5 Å². The van der Waals surface area contributed by atoms with Gasteiger partial charge in [0, 0.05) is 5.92 Å². The van der Waals surface area contributed by atoms with Gasteiger partial charge in [-0.3, -0.25) is 0 Å². The Balaban J connectivity index is 1.78. The highest BCUT2D eigenvalue weighted by Gasteiger charge is 2.59. The summed E-state index contributed by atoms with van der Waals surface area (Å²) < 4.78 is 15.1. The first kappa shape index (κ1) is 14.5. The molecule has 2 N–H and O–H groups in total. The number of phenolic OH excluding ortho intramolecular Hbond substituents is 1. The summed E-state index contributed by atoms with van der Waals surface area (Å²) in [5, 5.41) is 20.0. The number of alkyl halides is 1. The molecule has 4 rings (SSSR count). The number of aromatic hydroxyl groups is 1. The Kier molecular flexibility index (Phi) is 3.10. The summed E-state index contributed by atoms with van der Waals surface area (Å²) in [6.45, 7) is 4.32. The fraction of sp³-hybridized carbons (Fsp3) is 0.684. The Morgan fingerprint density at radius 3 is 2.82 bits per heavy atom. The lowest BCUT2D eigenvalue weighted by molar-refractivity contribution is -0.0141. The maximum atomic E-state index is 15.1. The third kappa shape index (κ3) is 1.87. The molecule has 0 amide bonds. The van der Waals surface area contributed by atoms with E-state index in [9.17, 15) is 10.2 Å². The van der Waals surface area contributed by atoms with E-state index in [4.69, 9.17) is 0 Å². The standard InChI is InChI=1S/C19H25FO2/c1-10-16(22)9-19(2)8-15(20)17-13-6-4-12(21)7-11(13)3-5-14(17)18(10)19/h4,6-7,10,14-18,21-22H,3,5,8-9H2,1-2H3/t10-,14-,15+,16+,17-,18+,19-/m1/s1. The number of aliphatic hydroxyl groups excluding tert-OH is 1. The summed E-state index contributed by atoms with van der Waals surface area (Å²) in [4.78, 5) is 0. The van der Waals surface area contributed by atoms with Crippen molar-refractivity contribution < 1.29 is 14.6 Å². The molecule has 0 aliphatic heterocycles. The van der Waals surface area contributed by atoms with Gasteiger partial charge in [-0.15, -0.1) is 0 Å². The Hall–Kier alpha value is -1.09. The first-order valence-corrected chi connectivity index (χ1v) is 8.54. The molecule has 0 aromatic heterocycles. The topological polar surface area (TPSA) is 40.5 Å². The largest absolute Gasteiger partial charge is 0.508 e. The molecule has 2 saturated carbocycles. The van der Waals surface area contributed by atoms with E-state index in [1.54, 1.807) is 12.1 Å². The van der Waals surface area contributed by atoms with E-state index in [1.807, 2.05) is 6.07 Å². The first-order chi connectivity index (χ1) is 10.4. The van der Waals surface area contributed by atoms with Gasteiger partial charge in [-0.25, -0.2) is 4.39 Å². The van der Waals surface area contributed by atoms with Crippen LogP contribution in [0.1, 0.15) is 50.2 Å². The fourth-order valence-electron chi connectivity index (χ4n) is 6.10. The molecule has 3 aliphatic rings. The van der Waals surface area contributed by atoms with Crippen molar-refractivity contribution in [2.24, 2.45) is 23.2 Å². The van der Waals surface area contributed by atoms with Crippen molar-refractivity contribution in [1.82, 2.24) is 0 Å². The number of phenols is 1. The number of fused-ring (bicyclic) bond motifs is 5. The average molecular weight is 304 g/mol. The Morgan fingerprint density at radius 1 is 1.27 bits per heavy atom. The van der Waals surface area contributed by atoms with Gasteiger partial charge in [0.1, 0.15) is 11.9 Å². The number of halogens is 1. The van der Waals surface area contributed by atoms with Gasteiger partial charge in [0.05, 0.1) is 6.10 Å². The van der Waals surface area contributed by atoms with Crippen LogP contribution in [0.3, 0.4) is 0 Å². The van der Waals surface area contributed by atoms with Crippen LogP contribution in [-0.2, 0) is 6.42 Å². The van der Waals surface area contributed by atoms with Crippen LogP contribution in [0.5, 0.6) is 5.75 Å². The smallest absolute Gasteiger partial charge is 0.115 e. The maximum Gasteiger partial charge on any atom is 0.115 e. The lowest BCUT2D eigenvalue weighted by atomic mass is 9.54. The second-order valence-electron chi connectivity index (χ2n) is 8.14. The molecule has 2 nitrogen and oxygen atoms in total. The summed E-state index contributed by atoms with van der Waals surface area (Å²) in [7, 11) is 0. The minimum absolute atomic E-state index is 0.0600. The zero-order valence-electron chi connectivity index (χ0n) is 13.3. The number of aliphatic hydroxyl groups is 1. The van der Waals surface area contributed by atoms with Crippen LogP contribution in [0.15, 0.2) is 18.2 Å². The summed E-state index contributed by atoms with van der Waals surface area (Å²) in [6.07, 6.45) is 2.05. The van der Waals surface area contributed by atoms with Gasteiger partial charge in [-0.2, -0.15) is 0 Å². The van der Waals surface area contributed by atoms with Crippen LogP contribution in [0, 0.1) is 23.2 Å². The number of rotatable bonds is 0. The second-order valence-corrected chi connectivity index (χ2v) is 8.14. The summed E-state index contributed by atoms with van der Waals surface area (Å²) >= 11 is 0. The molecule has 0 radical (unpaired) electrons. The molecular weight excluding hydrogens is 279 g/mol. The molecule has 3 aliphatic carbocycles. The number of benzene rings is 1. The quantitative estimate of drug-likeness (QED) is 0.765. The first-order valence-electron chi connectivity index (χ1n) is 8.54. The van der Waals surface area contributed by atoms with Gasteiger partial charge in [0.15, 0.2) is 0 Å². The van der Waals surface area contributed by atoms with Crippen LogP contribution >= 0.6 is 0 Å². The van der Waals surface area contributed by atoms with Gasteiger partial charge >= 0.3 is 0 Å². The second kappa shape index (κ2) is 4.70. The van der Waals surface area contributed by atoms with Crippen LogP contribution in [0.2, 0.25) is 0 Å². The third-order valence-electron chi connectivity index (χ3n) is 6.86. The van der Waals surface area contributed by atoms with Crippen molar-refractivity contribution in [2.45, 2.75) is 57.7 Å². The average Bonchev–Trinajstić information content (AvgIpc) is 2.67. The van der Waals surface area contributed by atoms with Crippen molar-refractivity contribution in [3.8, 4) is 5.75 Å². The lowest BCUT2D eigenvalue weighted by Crippen LogP contribution is -2.46. The number of hydrogen-bond donors (Lipinski definition) is 2. The molecule has 2 fully saturated rings. The molecule has 3 heteroatoms. The minimum atomic E-state index is -0.840. The van der Waals surface area contributed by atoms with E-state index in [1.165, 1.54) is 0 Å². The minimum Gasteiger partial charge on any atom is -0.508 e. The summed E-state index contributed by atoms with van der Waals surface area (Å²) in [6, 6.07) is 5.42. The van der Waals surface area contributed by atoms with Gasteiger partial charge in [0.2, 0.25) is 0 Å². The zero-order valence-corrected chi connectivity index (χ0v) is 13.3. The number of aryl methyl sites for hydroxylation is 1. The van der Waals surface area contributed by atoms with Crippen molar-refractivity contribution in [3.05, 3.63) is 29.3 Å². The zero-order chi connectivity index (χ0) is 15.6. The van der Waals surface area contributed by atoms with Gasteiger partial charge < -0.3 is 10.2 Å². The molecule has 22 heavy (non-hydrogen) atoms. The van der Waals surface area contributed by atoms with E-state index in [-0.39, 0.29) is 29.1 Å². The fourth-order valence-corrected chi connectivity index (χ4v) is 6.10. The van der Waals surface area contributed by atoms with E-state index in [0.29, 0.717) is 18.3 Å². The highest BCUT2D eigenvalue weighted by Crippen LogP contribution is 2.63. The van der Waals surface area contributed by atoms with E-state index in [0.717, 1.165) is 30.4 Å². The maximum absolute atomic E-state index is 15.1. The SMILES string of the molecule is C[C@H]1[C@H]2[C@@H]3CCc4cc(O)ccc4[C@H]3[C@@H](F)C[C@]2(C)C[C@@H]1O. The molecule has 0 spiro atoms. The molecule has 120 valence electrons. The van der Waals surface area contributed by atoms with Gasteiger partial charge in [0.25, 0.3) is 0 Å². The Labute approximate surface area is 131 Å². The third-order valence-corrected chi connectivity index (χ3v) is 6.86. The molecule has 0 bridgehead atoms. The monoisotopic (exact) mass is 304 g/mol. The summed E-state index contributed by atoms with van der Waals surface area (Å²) in [5.41, 5.74) is 2.14. The molecule has 7 atom stereocenters. The lowest BCUT2D eigenvalue weighted by Gasteiger charge is -2.51. The predicted octanol–water partition coefficient (Wildman–Crippen LogP) is 3.80. The van der Waals surface area contributed by atoms with Crippen molar-refractivity contribution in [3.63, 3.8) is 0 Å². The molecule has 0 heterocycles. The predicted molar refractivity (Wildman–Crippen MR) is 83.6 cm³/mol. The molecular formula is C19H25FO2. The molecule has 1 aromatic rings. The molecule has 1 aromatic carbocycles. The highest BCUT2D eigenvalue weighted by atomic mass is 19.1. The van der Waals surface area contributed by atoms with Crippen LogP contribution < -0.4 is 0 Å². The Morgan fingerprint density at radius 2 is 2.05 bits per heavy atom. The van der Waals surface area contributed by atoms with E-state index < -0.39 is 6.17 Å². The highest BCUT2D eigenvalue weighted by molar-refractivity contribution is 5.41. The van der Waals surface area contributed by atoms with Crippen molar-refractivity contribution in [2.75, 3.05) is 0 Å².